The largest absolute Gasteiger partial charge is 0.310 e. The van der Waals surface area contributed by atoms with Crippen molar-refractivity contribution in [3.63, 3.8) is 0 Å². The van der Waals surface area contributed by atoms with Gasteiger partial charge in [-0.3, -0.25) is 0 Å². The number of benzene rings is 7. The van der Waals surface area contributed by atoms with E-state index in [0.29, 0.717) is 35.5 Å². The highest BCUT2D eigenvalue weighted by atomic mass is 28.3. The van der Waals surface area contributed by atoms with Crippen LogP contribution in [-0.4, -0.2) is 23.9 Å². The third kappa shape index (κ3) is 4.58. The Bertz CT molecular complexity index is 3530. The van der Waals surface area contributed by atoms with Crippen molar-refractivity contribution in [1.29, 1.82) is 0 Å². The summed E-state index contributed by atoms with van der Waals surface area (Å²) in [5.74, 6) is 2.55. The molecule has 9 aromatic rings. The molecule has 0 radical (unpaired) electrons. The molecular weight excluding hydrogens is 788 g/mol. The molecule has 1 spiro atoms. The van der Waals surface area contributed by atoms with Gasteiger partial charge in [-0.25, -0.2) is 0 Å². The van der Waals surface area contributed by atoms with Crippen molar-refractivity contribution in [3.8, 4) is 22.5 Å². The van der Waals surface area contributed by atoms with E-state index in [1.54, 1.807) is 20.7 Å². The second kappa shape index (κ2) is 12.8. The summed E-state index contributed by atoms with van der Waals surface area (Å²) >= 11 is 0. The zero-order valence-corrected chi connectivity index (χ0v) is 40.8. The van der Waals surface area contributed by atoms with Crippen molar-refractivity contribution in [3.05, 3.63) is 137 Å². The Morgan fingerprint density at radius 2 is 0.812 bits per heavy atom. The standard InChI is InChI=1S/C60H59BN2Si/c1-30(2)36-13-16-50-42(21-36)45-24-39(33(7)8)27-48-57(45)62(50)51-17-20-54-60-56(51)61(48)49-28-40(34(9)10)25-46-47-26-41(35(11)12)29-55(59(47)63(60)58(46)49)64(54)52-18-14-37(31(3)4)22-43(52)44-23-38(32(5)6)15-19-53(44)64/h13-35H,1-12H3. The molecule has 0 aliphatic carbocycles. The van der Waals surface area contributed by atoms with Crippen LogP contribution >= 0.6 is 0 Å². The molecule has 4 aliphatic heterocycles. The van der Waals surface area contributed by atoms with E-state index in [1.165, 1.54) is 116 Å². The van der Waals surface area contributed by atoms with Crippen LogP contribution in [0.25, 0.3) is 66.1 Å². The monoisotopic (exact) mass is 846 g/mol. The summed E-state index contributed by atoms with van der Waals surface area (Å²) in [5, 5.41) is 11.9. The van der Waals surface area contributed by atoms with E-state index in [9.17, 15) is 0 Å². The molecule has 0 N–H and O–H groups in total. The molecule has 6 heterocycles. The van der Waals surface area contributed by atoms with Crippen LogP contribution in [0.4, 0.5) is 0 Å². The fourth-order valence-corrected chi connectivity index (χ4v) is 18.6. The Hall–Kier alpha value is -5.58. The maximum absolute atomic E-state index is 2.94. The van der Waals surface area contributed by atoms with Crippen LogP contribution in [0.3, 0.4) is 0 Å². The number of hydrogen-bond donors (Lipinski definition) is 0. The first kappa shape index (κ1) is 38.8. The van der Waals surface area contributed by atoms with Crippen LogP contribution in [0.1, 0.15) is 152 Å². The molecule has 0 saturated heterocycles. The summed E-state index contributed by atoms with van der Waals surface area (Å²) in [6, 6.07) is 43.6. The highest BCUT2D eigenvalue weighted by molar-refractivity contribution is 7.24. The normalized spacial score (nSPS) is 14.9. The van der Waals surface area contributed by atoms with Gasteiger partial charge in [0.25, 0.3) is 6.71 Å². The van der Waals surface area contributed by atoms with E-state index >= 15 is 0 Å². The topological polar surface area (TPSA) is 9.86 Å². The van der Waals surface area contributed by atoms with Gasteiger partial charge in [0, 0.05) is 44.0 Å². The van der Waals surface area contributed by atoms with E-state index in [0.717, 1.165) is 0 Å². The smallest absolute Gasteiger partial charge is 0.252 e. The molecule has 0 unspecified atom stereocenters. The molecule has 4 heteroatoms. The van der Waals surface area contributed by atoms with Gasteiger partial charge in [-0.1, -0.05) is 150 Å². The van der Waals surface area contributed by atoms with E-state index in [-0.39, 0.29) is 6.71 Å². The minimum Gasteiger partial charge on any atom is -0.310 e. The van der Waals surface area contributed by atoms with Crippen LogP contribution in [-0.2, 0) is 0 Å². The van der Waals surface area contributed by atoms with Gasteiger partial charge in [-0.2, -0.15) is 0 Å². The van der Waals surface area contributed by atoms with Crippen LogP contribution in [0.5, 0.6) is 0 Å². The summed E-state index contributed by atoms with van der Waals surface area (Å²) in [4.78, 5) is 0. The van der Waals surface area contributed by atoms with Crippen LogP contribution in [0.2, 0.25) is 0 Å². The van der Waals surface area contributed by atoms with Gasteiger partial charge in [-0.15, -0.1) is 0 Å². The van der Waals surface area contributed by atoms with Crippen molar-refractivity contribution in [1.82, 2.24) is 9.13 Å². The Kier molecular flexibility index (Phi) is 7.78. The lowest BCUT2D eigenvalue weighted by Gasteiger charge is -2.43. The average molecular weight is 847 g/mol. The highest BCUT2D eigenvalue weighted by Crippen LogP contribution is 2.45. The maximum Gasteiger partial charge on any atom is 0.252 e. The second-order valence-electron chi connectivity index (χ2n) is 22.0. The van der Waals surface area contributed by atoms with Crippen molar-refractivity contribution in [2.75, 3.05) is 0 Å². The summed E-state index contributed by atoms with van der Waals surface area (Å²) in [6.07, 6.45) is 0. The number of hydrogen-bond acceptors (Lipinski definition) is 0. The lowest BCUT2D eigenvalue weighted by molar-refractivity contribution is 0.866. The Morgan fingerprint density at radius 3 is 1.36 bits per heavy atom. The van der Waals surface area contributed by atoms with E-state index in [2.05, 4.69) is 195 Å². The molecule has 0 fully saturated rings. The minimum atomic E-state index is -2.94. The zero-order valence-electron chi connectivity index (χ0n) is 39.8. The number of rotatable bonds is 6. The first-order valence-corrected chi connectivity index (χ1v) is 26.5. The van der Waals surface area contributed by atoms with Gasteiger partial charge in [-0.05, 0) is 154 Å². The molecule has 2 aromatic heterocycles. The van der Waals surface area contributed by atoms with Crippen LogP contribution in [0, 0.1) is 0 Å². The molecule has 0 saturated carbocycles. The summed E-state index contributed by atoms with van der Waals surface area (Å²) in [5.41, 5.74) is 24.4. The highest BCUT2D eigenvalue weighted by Gasteiger charge is 2.56. The predicted molar refractivity (Wildman–Crippen MR) is 280 cm³/mol. The van der Waals surface area contributed by atoms with Crippen LogP contribution in [0.15, 0.2) is 103 Å². The Labute approximate surface area is 380 Å². The number of fused-ring (bicyclic) bond motifs is 14. The molecule has 7 aromatic carbocycles. The lowest BCUT2D eigenvalue weighted by atomic mass is 9.34. The molecule has 0 atom stereocenters. The maximum atomic E-state index is 2.83. The SMILES string of the molecule is CC(C)c1ccc2c(c1)-c1cc(C(C)C)ccc1[Si]21c2ccc3c4c2-n2c5c(cc(C(C)C)cc5c5cc(C(C)C)cc1c52)B4c1cc(C(C)C)cc2c4cc(C(C)C)ccc4n-3c12. The van der Waals surface area contributed by atoms with E-state index < -0.39 is 8.07 Å². The molecular formula is C60H59BN2Si. The van der Waals surface area contributed by atoms with Gasteiger partial charge >= 0.3 is 0 Å². The van der Waals surface area contributed by atoms with Crippen molar-refractivity contribution < 1.29 is 0 Å². The molecule has 316 valence electrons. The second-order valence-corrected chi connectivity index (χ2v) is 25.7. The van der Waals surface area contributed by atoms with E-state index in [1.807, 2.05) is 0 Å². The molecule has 0 bridgehead atoms. The van der Waals surface area contributed by atoms with Gasteiger partial charge in [0.1, 0.15) is 0 Å². The summed E-state index contributed by atoms with van der Waals surface area (Å²) < 4.78 is 5.52. The number of aromatic nitrogens is 2. The predicted octanol–water partition coefficient (Wildman–Crippen LogP) is 11.4. The first-order chi connectivity index (χ1) is 30.7. The molecule has 0 amide bonds. The van der Waals surface area contributed by atoms with Crippen molar-refractivity contribution in [2.24, 2.45) is 0 Å². The Balaban J connectivity index is 1.29. The zero-order chi connectivity index (χ0) is 44.2. The van der Waals surface area contributed by atoms with E-state index in [4.69, 9.17) is 0 Å². The summed E-state index contributed by atoms with van der Waals surface area (Å²) in [7, 11) is -2.94. The first-order valence-electron chi connectivity index (χ1n) is 24.5. The molecule has 13 rings (SSSR count). The Morgan fingerprint density at radius 1 is 0.375 bits per heavy atom. The molecule has 64 heavy (non-hydrogen) atoms. The number of nitrogens with zero attached hydrogens (tertiary/aromatic N) is 2. The summed E-state index contributed by atoms with van der Waals surface area (Å²) in [6.45, 7) is 28.6. The van der Waals surface area contributed by atoms with Gasteiger partial charge in [0.05, 0.1) is 11.0 Å². The van der Waals surface area contributed by atoms with Crippen LogP contribution < -0.4 is 37.1 Å². The van der Waals surface area contributed by atoms with Gasteiger partial charge in [0.15, 0.2) is 8.07 Å². The quantitative estimate of drug-likeness (QED) is 0.148. The van der Waals surface area contributed by atoms with Gasteiger partial charge in [0.2, 0.25) is 0 Å². The van der Waals surface area contributed by atoms with Gasteiger partial charge < -0.3 is 9.13 Å². The minimum absolute atomic E-state index is 0.106. The fourth-order valence-electron chi connectivity index (χ4n) is 13.0. The van der Waals surface area contributed by atoms with Crippen molar-refractivity contribution in [2.45, 2.75) is 119 Å². The lowest BCUT2D eigenvalue weighted by Crippen LogP contribution is -2.77. The third-order valence-corrected chi connectivity index (χ3v) is 21.4. The molecule has 4 aliphatic rings. The molecule has 2 nitrogen and oxygen atoms in total. The fraction of sp³-hybridized carbons (Fsp3) is 0.300. The third-order valence-electron chi connectivity index (χ3n) is 16.5. The van der Waals surface area contributed by atoms with Crippen molar-refractivity contribution >= 4 is 95.5 Å². The average Bonchev–Trinajstić information content (AvgIpc) is 3.89.